The molecule has 1 fully saturated rings. The molecule has 3 atom stereocenters. The van der Waals surface area contributed by atoms with E-state index >= 15 is 0 Å². The standard InChI is InChI=1S/C18H43O8PSi4/c1-28(2,3)23-15-13-17(19)22-16(18(15)24-29(4,5)6)14-21-27(20,25-30(7,8)9)26-31(10,11)12/h15-16,18H,13-14H2,1-12H3. The lowest BCUT2D eigenvalue weighted by Crippen LogP contribution is -2.56. The fourth-order valence-corrected chi connectivity index (χ4v) is 11.8. The van der Waals surface area contributed by atoms with Gasteiger partial charge in [-0.2, -0.15) is 0 Å². The minimum atomic E-state index is -3.83. The highest BCUT2D eigenvalue weighted by Crippen LogP contribution is 2.54. The number of carbonyl (C=O) groups is 1. The molecule has 8 nitrogen and oxygen atoms in total. The predicted molar refractivity (Wildman–Crippen MR) is 133 cm³/mol. The molecule has 0 aromatic carbocycles. The maximum atomic E-state index is 13.5. The van der Waals surface area contributed by atoms with Crippen molar-refractivity contribution in [2.45, 2.75) is 103 Å². The molecule has 1 saturated heterocycles. The number of phosphoric acid groups is 1. The first kappa shape index (κ1) is 29.4. The molecule has 0 aromatic heterocycles. The van der Waals surface area contributed by atoms with Crippen LogP contribution in [-0.2, 0) is 35.9 Å². The SMILES string of the molecule is C[Si](C)(C)OC1CC(=O)OC(COP(=O)(O[Si](C)(C)C)O[Si](C)(C)C)C1O[Si](C)(C)C. The Balaban J connectivity index is 3.15. The first-order valence-electron chi connectivity index (χ1n) is 10.8. The summed E-state index contributed by atoms with van der Waals surface area (Å²) in [4.78, 5) is 12.4. The fourth-order valence-electron chi connectivity index (χ4n) is 2.96. The van der Waals surface area contributed by atoms with Crippen LogP contribution in [0.3, 0.4) is 0 Å². The van der Waals surface area contributed by atoms with Gasteiger partial charge in [-0.1, -0.05) is 0 Å². The largest absolute Gasteiger partial charge is 0.457 e. The third-order valence-electron chi connectivity index (χ3n) is 3.55. The highest BCUT2D eigenvalue weighted by Gasteiger charge is 2.46. The van der Waals surface area contributed by atoms with Crippen molar-refractivity contribution >= 4 is 47.1 Å². The molecule has 0 saturated carbocycles. The summed E-state index contributed by atoms with van der Waals surface area (Å²) < 4.78 is 49.3. The van der Waals surface area contributed by atoms with E-state index in [9.17, 15) is 9.36 Å². The fraction of sp³-hybridized carbons (Fsp3) is 0.944. The lowest BCUT2D eigenvalue weighted by Gasteiger charge is -2.42. The number of esters is 1. The third kappa shape index (κ3) is 12.4. The van der Waals surface area contributed by atoms with Gasteiger partial charge in [-0.05, 0) is 78.6 Å². The highest BCUT2D eigenvalue weighted by atomic mass is 31.2. The number of rotatable bonds is 11. The molecule has 184 valence electrons. The quantitative estimate of drug-likeness (QED) is 0.195. The Hall–Kier alpha value is 0.368. The molecule has 1 aliphatic heterocycles. The van der Waals surface area contributed by atoms with Gasteiger partial charge in [0.15, 0.2) is 39.4 Å². The molecular formula is C18H43O8PSi4. The lowest BCUT2D eigenvalue weighted by atomic mass is 10.0. The summed E-state index contributed by atoms with van der Waals surface area (Å²) in [6, 6.07) is 0. The molecule has 1 rings (SSSR count). The summed E-state index contributed by atoms with van der Waals surface area (Å²) in [5.74, 6) is -0.376. The third-order valence-corrected chi connectivity index (χ3v) is 12.2. The van der Waals surface area contributed by atoms with Crippen molar-refractivity contribution < 1.29 is 35.9 Å². The van der Waals surface area contributed by atoms with Gasteiger partial charge in [0.1, 0.15) is 6.10 Å². The van der Waals surface area contributed by atoms with E-state index in [1.54, 1.807) is 0 Å². The molecule has 1 aliphatic rings. The second-order valence-corrected chi connectivity index (χ2v) is 31.8. The number of ether oxygens (including phenoxy) is 1. The van der Waals surface area contributed by atoms with Crippen LogP contribution in [0.1, 0.15) is 6.42 Å². The topological polar surface area (TPSA) is 89.5 Å². The Morgan fingerprint density at radius 2 is 1.26 bits per heavy atom. The van der Waals surface area contributed by atoms with E-state index in [4.69, 9.17) is 26.5 Å². The Labute approximate surface area is 192 Å². The average Bonchev–Trinajstić information content (AvgIpc) is 2.41. The number of carbonyl (C=O) groups excluding carboxylic acids is 1. The Kier molecular flexibility index (Phi) is 9.79. The first-order chi connectivity index (χ1) is 13.6. The predicted octanol–water partition coefficient (Wildman–Crippen LogP) is 5.57. The Bertz CT molecular complexity index is 643. The van der Waals surface area contributed by atoms with Gasteiger partial charge in [0, 0.05) is 0 Å². The molecule has 1 heterocycles. The van der Waals surface area contributed by atoms with Crippen LogP contribution in [0.4, 0.5) is 0 Å². The Morgan fingerprint density at radius 1 is 0.806 bits per heavy atom. The van der Waals surface area contributed by atoms with Crippen molar-refractivity contribution in [1.29, 1.82) is 0 Å². The summed E-state index contributed by atoms with van der Waals surface area (Å²) >= 11 is 0. The second-order valence-electron chi connectivity index (χ2n) is 11.8. The van der Waals surface area contributed by atoms with E-state index in [1.807, 2.05) is 39.3 Å². The first-order valence-corrected chi connectivity index (χ1v) is 25.9. The van der Waals surface area contributed by atoms with Crippen LogP contribution in [0.25, 0.3) is 0 Å². The van der Waals surface area contributed by atoms with Gasteiger partial charge in [0.05, 0.1) is 19.1 Å². The monoisotopic (exact) mass is 530 g/mol. The normalized spacial score (nSPS) is 24.3. The van der Waals surface area contributed by atoms with Gasteiger partial charge in [0.25, 0.3) is 0 Å². The van der Waals surface area contributed by atoms with Crippen LogP contribution in [0.5, 0.6) is 0 Å². The molecule has 0 aliphatic carbocycles. The smallest absolute Gasteiger partial charge is 0.455 e. The van der Waals surface area contributed by atoms with Crippen LogP contribution >= 0.6 is 7.82 Å². The van der Waals surface area contributed by atoms with E-state index in [2.05, 4.69) is 39.3 Å². The molecule has 0 bridgehead atoms. The van der Waals surface area contributed by atoms with Crippen molar-refractivity contribution in [1.82, 2.24) is 0 Å². The number of cyclic esters (lactones) is 1. The molecule has 0 N–H and O–H groups in total. The van der Waals surface area contributed by atoms with Gasteiger partial charge < -0.3 is 22.0 Å². The van der Waals surface area contributed by atoms with E-state index in [0.29, 0.717) is 0 Å². The molecule has 0 amide bonds. The van der Waals surface area contributed by atoms with Crippen LogP contribution in [0, 0.1) is 0 Å². The molecule has 0 spiro atoms. The van der Waals surface area contributed by atoms with Crippen molar-refractivity contribution in [2.75, 3.05) is 6.61 Å². The van der Waals surface area contributed by atoms with Gasteiger partial charge in [-0.25, -0.2) is 4.57 Å². The number of hydrogen-bond donors (Lipinski definition) is 0. The summed E-state index contributed by atoms with van der Waals surface area (Å²) in [6.45, 7) is 23.8. The minimum Gasteiger partial charge on any atom is -0.457 e. The molecular weight excluding hydrogens is 488 g/mol. The lowest BCUT2D eigenvalue weighted by molar-refractivity contribution is -0.177. The molecule has 3 unspecified atom stereocenters. The average molecular weight is 531 g/mol. The van der Waals surface area contributed by atoms with Crippen LogP contribution in [-0.4, -0.2) is 64.2 Å². The van der Waals surface area contributed by atoms with Crippen LogP contribution < -0.4 is 0 Å². The maximum absolute atomic E-state index is 13.5. The van der Waals surface area contributed by atoms with Gasteiger partial charge in [-0.3, -0.25) is 9.32 Å². The summed E-state index contributed by atoms with van der Waals surface area (Å²) in [6.07, 6.45) is -1.55. The molecule has 0 aromatic rings. The zero-order valence-corrected chi connectivity index (χ0v) is 26.3. The molecule has 31 heavy (non-hydrogen) atoms. The minimum absolute atomic E-state index is 0.129. The second kappa shape index (κ2) is 10.3. The van der Waals surface area contributed by atoms with E-state index in [-0.39, 0.29) is 19.0 Å². The molecule has 0 radical (unpaired) electrons. The Morgan fingerprint density at radius 3 is 1.65 bits per heavy atom. The molecule has 13 heteroatoms. The zero-order chi connectivity index (χ0) is 24.5. The van der Waals surface area contributed by atoms with Gasteiger partial charge in [-0.15, -0.1) is 0 Å². The van der Waals surface area contributed by atoms with Crippen molar-refractivity contribution in [3.63, 3.8) is 0 Å². The van der Waals surface area contributed by atoms with E-state index in [1.165, 1.54) is 0 Å². The van der Waals surface area contributed by atoms with Gasteiger partial charge >= 0.3 is 13.8 Å². The van der Waals surface area contributed by atoms with Crippen molar-refractivity contribution in [3.05, 3.63) is 0 Å². The zero-order valence-electron chi connectivity index (χ0n) is 21.4. The highest BCUT2D eigenvalue weighted by molar-refractivity contribution is 7.52. The maximum Gasteiger partial charge on any atom is 0.455 e. The summed E-state index contributed by atoms with van der Waals surface area (Å²) in [5, 5.41) is 0. The van der Waals surface area contributed by atoms with Crippen molar-refractivity contribution in [2.24, 2.45) is 0 Å². The summed E-state index contributed by atoms with van der Waals surface area (Å²) in [5.41, 5.74) is 0. The van der Waals surface area contributed by atoms with Crippen LogP contribution in [0.2, 0.25) is 78.6 Å². The summed E-state index contributed by atoms with van der Waals surface area (Å²) in [7, 11) is -12.3. The van der Waals surface area contributed by atoms with Crippen LogP contribution in [0.15, 0.2) is 0 Å². The van der Waals surface area contributed by atoms with Crippen molar-refractivity contribution in [3.8, 4) is 0 Å². The van der Waals surface area contributed by atoms with E-state index < -0.39 is 59.4 Å². The van der Waals surface area contributed by atoms with Gasteiger partial charge in [0.2, 0.25) is 0 Å². The number of hydrogen-bond acceptors (Lipinski definition) is 8. The van der Waals surface area contributed by atoms with E-state index in [0.717, 1.165) is 0 Å².